The third-order valence-electron chi connectivity index (χ3n) is 5.27. The van der Waals surface area contributed by atoms with Crippen LogP contribution in [0, 0.1) is 0 Å². The summed E-state index contributed by atoms with van der Waals surface area (Å²) in [5.41, 5.74) is 3.78. The topological polar surface area (TPSA) is 38.8 Å². The Labute approximate surface area is 160 Å². The summed E-state index contributed by atoms with van der Waals surface area (Å²) in [5, 5.41) is 0. The number of aryl methyl sites for hydroxylation is 1. The van der Waals surface area contributed by atoms with Crippen LogP contribution in [0.1, 0.15) is 24.0 Å². The Bertz CT molecular complexity index is 788. The number of fused-ring (bicyclic) bond motifs is 2. The van der Waals surface area contributed by atoms with E-state index < -0.39 is 0 Å². The molecule has 4 rings (SSSR count). The monoisotopic (exact) mass is 363 g/mol. The van der Waals surface area contributed by atoms with Gasteiger partial charge in [0.05, 0.1) is 25.3 Å². The summed E-state index contributed by atoms with van der Waals surface area (Å²) in [7, 11) is 0. The largest absolute Gasteiger partial charge is 0.445 e. The molecule has 2 atom stereocenters. The molecule has 2 bridgehead atoms. The number of ether oxygens (including phenoxy) is 2. The molecule has 4 nitrogen and oxygen atoms in total. The molecule has 2 aliphatic rings. The molecule has 0 saturated carbocycles. The molecule has 0 aromatic heterocycles. The van der Waals surface area contributed by atoms with Gasteiger partial charge >= 0.3 is 6.09 Å². The highest BCUT2D eigenvalue weighted by Gasteiger charge is 2.38. The Kier molecular flexibility index (Phi) is 5.54. The average molecular weight is 363 g/mol. The van der Waals surface area contributed by atoms with E-state index in [1.54, 1.807) is 0 Å². The molecule has 2 unspecified atom stereocenters. The Morgan fingerprint density at radius 1 is 0.963 bits per heavy atom. The fourth-order valence-electron chi connectivity index (χ4n) is 3.90. The third-order valence-corrected chi connectivity index (χ3v) is 5.27. The zero-order chi connectivity index (χ0) is 18.5. The van der Waals surface area contributed by atoms with Gasteiger partial charge in [-0.2, -0.15) is 0 Å². The molecule has 2 aromatic carbocycles. The number of amides is 1. The van der Waals surface area contributed by atoms with Gasteiger partial charge in [-0.1, -0.05) is 72.3 Å². The summed E-state index contributed by atoms with van der Waals surface area (Å²) >= 11 is 0. The van der Waals surface area contributed by atoms with Gasteiger partial charge in [0.1, 0.15) is 6.61 Å². The van der Waals surface area contributed by atoms with Crippen LogP contribution in [0.2, 0.25) is 0 Å². The molecule has 0 radical (unpaired) electrons. The number of nitrogens with zero attached hydrogens (tertiary/aromatic N) is 1. The summed E-state index contributed by atoms with van der Waals surface area (Å²) in [4.78, 5) is 14.6. The maximum absolute atomic E-state index is 12.7. The van der Waals surface area contributed by atoms with Crippen molar-refractivity contribution in [1.29, 1.82) is 0 Å². The second-order valence-electron chi connectivity index (χ2n) is 7.22. The lowest BCUT2D eigenvalue weighted by Crippen LogP contribution is -2.56. The van der Waals surface area contributed by atoms with Crippen LogP contribution in [-0.2, 0) is 22.5 Å². The quantitative estimate of drug-likeness (QED) is 0.741. The molecule has 1 fully saturated rings. The fraction of sp³-hybridized carbons (Fsp3) is 0.348. The zero-order valence-electron chi connectivity index (χ0n) is 15.4. The van der Waals surface area contributed by atoms with Gasteiger partial charge in [-0.25, -0.2) is 4.79 Å². The first kappa shape index (κ1) is 17.8. The molecule has 2 aromatic rings. The summed E-state index contributed by atoms with van der Waals surface area (Å²) in [6, 6.07) is 20.4. The average Bonchev–Trinajstić information content (AvgIpc) is 2.71. The van der Waals surface area contributed by atoms with Gasteiger partial charge < -0.3 is 9.47 Å². The van der Waals surface area contributed by atoms with Crippen molar-refractivity contribution in [3.8, 4) is 0 Å². The van der Waals surface area contributed by atoms with Gasteiger partial charge in [0, 0.05) is 0 Å². The minimum Gasteiger partial charge on any atom is -0.445 e. The third kappa shape index (κ3) is 4.40. The van der Waals surface area contributed by atoms with Crippen molar-refractivity contribution < 1.29 is 14.3 Å². The van der Waals surface area contributed by atoms with Crippen molar-refractivity contribution in [2.75, 3.05) is 13.2 Å². The second-order valence-corrected chi connectivity index (χ2v) is 7.22. The van der Waals surface area contributed by atoms with Crippen LogP contribution in [0.15, 0.2) is 72.3 Å². The van der Waals surface area contributed by atoms with Gasteiger partial charge in [0.25, 0.3) is 0 Å². The molecular formula is C23H25NO3. The van der Waals surface area contributed by atoms with Crippen LogP contribution >= 0.6 is 0 Å². The fourth-order valence-corrected chi connectivity index (χ4v) is 3.90. The predicted octanol–water partition coefficient (Wildman–Crippen LogP) is 4.36. The zero-order valence-corrected chi connectivity index (χ0v) is 15.4. The number of rotatable bonds is 5. The first-order valence-corrected chi connectivity index (χ1v) is 9.60. The first-order chi connectivity index (χ1) is 13.3. The van der Waals surface area contributed by atoms with Crippen LogP contribution in [0.25, 0.3) is 0 Å². The second kappa shape index (κ2) is 8.40. The van der Waals surface area contributed by atoms with E-state index in [9.17, 15) is 4.79 Å². The first-order valence-electron chi connectivity index (χ1n) is 9.60. The molecule has 0 N–H and O–H groups in total. The lowest BCUT2D eigenvalue weighted by atomic mass is 9.91. The van der Waals surface area contributed by atoms with Gasteiger partial charge in [0.15, 0.2) is 0 Å². The van der Waals surface area contributed by atoms with E-state index in [4.69, 9.17) is 9.47 Å². The van der Waals surface area contributed by atoms with Crippen molar-refractivity contribution in [2.45, 2.75) is 38.0 Å². The molecule has 2 aliphatic heterocycles. The molecule has 0 aliphatic carbocycles. The normalized spacial score (nSPS) is 21.5. The van der Waals surface area contributed by atoms with E-state index in [0.717, 1.165) is 24.8 Å². The van der Waals surface area contributed by atoms with Crippen LogP contribution in [-0.4, -0.2) is 36.3 Å². The van der Waals surface area contributed by atoms with E-state index in [1.807, 2.05) is 41.3 Å². The number of hydrogen-bond acceptors (Lipinski definition) is 3. The van der Waals surface area contributed by atoms with Crippen molar-refractivity contribution in [2.24, 2.45) is 0 Å². The Hall–Kier alpha value is -2.59. The van der Waals surface area contributed by atoms with E-state index >= 15 is 0 Å². The lowest BCUT2D eigenvalue weighted by Gasteiger charge is -2.43. The van der Waals surface area contributed by atoms with Crippen molar-refractivity contribution >= 4 is 6.09 Å². The van der Waals surface area contributed by atoms with E-state index in [0.29, 0.717) is 19.8 Å². The van der Waals surface area contributed by atoms with E-state index in [2.05, 4.69) is 30.3 Å². The summed E-state index contributed by atoms with van der Waals surface area (Å²) in [5.74, 6) is 0. The molecule has 4 heteroatoms. The standard InChI is InChI=1S/C23H25NO3/c25-23(27-15-19-9-5-2-6-10-19)24-21-13-20(14-22(24)17-26-16-21)12-11-18-7-3-1-4-8-18/h1-10,13,21-22H,11-12,14-17H2. The number of morpholine rings is 1. The number of benzene rings is 2. The van der Waals surface area contributed by atoms with Crippen molar-refractivity contribution in [3.05, 3.63) is 83.4 Å². The molecule has 27 heavy (non-hydrogen) atoms. The Morgan fingerprint density at radius 3 is 2.37 bits per heavy atom. The summed E-state index contributed by atoms with van der Waals surface area (Å²) in [6.45, 7) is 1.44. The summed E-state index contributed by atoms with van der Waals surface area (Å²) in [6.07, 6.45) is 4.90. The van der Waals surface area contributed by atoms with Gasteiger partial charge in [-0.15, -0.1) is 0 Å². The van der Waals surface area contributed by atoms with Crippen LogP contribution in [0.3, 0.4) is 0 Å². The Morgan fingerprint density at radius 2 is 1.67 bits per heavy atom. The number of carbonyl (C=O) groups excluding carboxylic acids is 1. The maximum atomic E-state index is 12.7. The highest BCUT2D eigenvalue weighted by atomic mass is 16.6. The molecule has 2 heterocycles. The number of carbonyl (C=O) groups is 1. The smallest absolute Gasteiger partial charge is 0.411 e. The van der Waals surface area contributed by atoms with E-state index in [1.165, 1.54) is 11.1 Å². The minimum absolute atomic E-state index is 0.0217. The van der Waals surface area contributed by atoms with Crippen LogP contribution < -0.4 is 0 Å². The lowest BCUT2D eigenvalue weighted by molar-refractivity contribution is -0.0375. The maximum Gasteiger partial charge on any atom is 0.411 e. The van der Waals surface area contributed by atoms with Gasteiger partial charge in [-0.05, 0) is 30.4 Å². The Balaban J connectivity index is 1.38. The molecule has 1 saturated heterocycles. The van der Waals surface area contributed by atoms with Crippen molar-refractivity contribution in [1.82, 2.24) is 4.90 Å². The predicted molar refractivity (Wildman–Crippen MR) is 104 cm³/mol. The minimum atomic E-state index is -0.240. The van der Waals surface area contributed by atoms with Gasteiger partial charge in [-0.3, -0.25) is 4.90 Å². The summed E-state index contributed by atoms with van der Waals surface area (Å²) < 4.78 is 11.3. The molecular weight excluding hydrogens is 338 g/mol. The van der Waals surface area contributed by atoms with Crippen molar-refractivity contribution in [3.63, 3.8) is 0 Å². The molecule has 1 amide bonds. The SMILES string of the molecule is O=C(OCc1ccccc1)N1C2C=C(CCc3ccccc3)CC1COC2. The highest BCUT2D eigenvalue weighted by molar-refractivity contribution is 5.69. The molecule has 0 spiro atoms. The van der Waals surface area contributed by atoms with E-state index in [-0.39, 0.29) is 18.2 Å². The number of hydrogen-bond donors (Lipinski definition) is 0. The van der Waals surface area contributed by atoms with Crippen LogP contribution in [0.5, 0.6) is 0 Å². The molecule has 140 valence electrons. The van der Waals surface area contributed by atoms with Crippen LogP contribution in [0.4, 0.5) is 4.79 Å². The van der Waals surface area contributed by atoms with Gasteiger partial charge in [0.2, 0.25) is 0 Å². The highest BCUT2D eigenvalue weighted by Crippen LogP contribution is 2.30.